The van der Waals surface area contributed by atoms with Crippen LogP contribution in [0.3, 0.4) is 0 Å². The largest absolute Gasteiger partial charge is 0.497 e. The van der Waals surface area contributed by atoms with Crippen LogP contribution >= 0.6 is 0 Å². The average molecular weight is 396 g/mol. The first-order valence-corrected chi connectivity index (χ1v) is 9.75. The molecule has 0 saturated carbocycles. The van der Waals surface area contributed by atoms with E-state index in [9.17, 15) is 9.59 Å². The zero-order valence-electron chi connectivity index (χ0n) is 16.3. The maximum Gasteiger partial charge on any atom is 0.275 e. The Bertz CT molecular complexity index is 1020. The highest BCUT2D eigenvalue weighted by atomic mass is 16.5. The average Bonchev–Trinajstić information content (AvgIpc) is 3.38. The van der Waals surface area contributed by atoms with E-state index in [2.05, 4.69) is 15.5 Å². The summed E-state index contributed by atoms with van der Waals surface area (Å²) in [5.74, 6) is 0.527. The number of rotatable bonds is 7. The van der Waals surface area contributed by atoms with Gasteiger partial charge in [0.1, 0.15) is 11.4 Å². The number of ether oxygens (including phenoxy) is 2. The van der Waals surface area contributed by atoms with Gasteiger partial charge in [0.2, 0.25) is 0 Å². The molecule has 1 aromatic carbocycles. The molecule has 3 aliphatic rings. The van der Waals surface area contributed by atoms with Crippen LogP contribution < -0.4 is 15.6 Å². The molecule has 1 saturated heterocycles. The maximum atomic E-state index is 12.8. The molecular formula is C21H24N4O4. The fraction of sp³-hybridized carbons (Fsp3) is 0.381. The third-order valence-electron chi connectivity index (χ3n) is 5.13. The molecule has 0 radical (unpaired) electrons. The predicted molar refractivity (Wildman–Crippen MR) is 107 cm³/mol. The van der Waals surface area contributed by atoms with Crippen molar-refractivity contribution >= 4 is 5.91 Å². The molecule has 1 aromatic rings. The summed E-state index contributed by atoms with van der Waals surface area (Å²) in [5.41, 5.74) is 1.94. The number of amides is 1. The summed E-state index contributed by atoms with van der Waals surface area (Å²) < 4.78 is 12.8. The first kappa shape index (κ1) is 19.2. The standard InChI is InChI=1S/C21H24N4O4/c1-28-15-5-2-4-14(10-15)7-8-22-20(26)17-12-25(11-16-6-3-9-29-16)13-18-19(17)23-24-21(18)27/h2,4-5,10,12-13,16H,3,6-9,11H2,1H3,(H,22,26)(H,24,27). The minimum atomic E-state index is -0.299. The zero-order valence-corrected chi connectivity index (χ0v) is 16.3. The number of H-pyrrole nitrogens is 1. The SMILES string of the molecule is COc1cccc(CCNC(=O)c2cn(CC3CCCO3)cc3c(=O)[nH]nc2-3)c1. The van der Waals surface area contributed by atoms with E-state index in [-0.39, 0.29) is 17.6 Å². The van der Waals surface area contributed by atoms with Crippen molar-refractivity contribution < 1.29 is 14.3 Å². The third kappa shape index (κ3) is 4.32. The van der Waals surface area contributed by atoms with Gasteiger partial charge in [-0.1, -0.05) is 12.1 Å². The first-order valence-electron chi connectivity index (χ1n) is 9.75. The van der Waals surface area contributed by atoms with Gasteiger partial charge in [-0.25, -0.2) is 5.10 Å². The van der Waals surface area contributed by atoms with Crippen LogP contribution in [0.5, 0.6) is 5.75 Å². The van der Waals surface area contributed by atoms with Crippen molar-refractivity contribution in [2.75, 3.05) is 20.3 Å². The number of benzene rings is 1. The van der Waals surface area contributed by atoms with Crippen molar-refractivity contribution in [2.45, 2.75) is 31.9 Å². The van der Waals surface area contributed by atoms with Crippen molar-refractivity contribution in [3.63, 3.8) is 0 Å². The Morgan fingerprint density at radius 1 is 1.41 bits per heavy atom. The zero-order chi connectivity index (χ0) is 20.2. The van der Waals surface area contributed by atoms with E-state index >= 15 is 0 Å². The number of carbonyl (C=O) groups excluding carboxylic acids is 1. The molecule has 4 rings (SSSR count). The van der Waals surface area contributed by atoms with Crippen LogP contribution in [0.4, 0.5) is 0 Å². The number of aromatic nitrogens is 3. The van der Waals surface area contributed by atoms with E-state index in [0.29, 0.717) is 36.3 Å². The monoisotopic (exact) mass is 396 g/mol. The van der Waals surface area contributed by atoms with Crippen LogP contribution in [0.25, 0.3) is 11.3 Å². The third-order valence-corrected chi connectivity index (χ3v) is 5.13. The van der Waals surface area contributed by atoms with Gasteiger partial charge in [-0.2, -0.15) is 5.10 Å². The number of aromatic amines is 1. The molecule has 8 heteroatoms. The van der Waals surface area contributed by atoms with Gasteiger partial charge in [0.15, 0.2) is 0 Å². The second-order valence-corrected chi connectivity index (χ2v) is 7.18. The summed E-state index contributed by atoms with van der Waals surface area (Å²) in [6.45, 7) is 1.82. The molecule has 1 unspecified atom stereocenters. The molecule has 8 nitrogen and oxygen atoms in total. The molecule has 152 valence electrons. The van der Waals surface area contributed by atoms with Gasteiger partial charge in [-0.05, 0) is 37.0 Å². The summed E-state index contributed by atoms with van der Waals surface area (Å²) in [6.07, 6.45) is 6.25. The van der Waals surface area contributed by atoms with Crippen molar-refractivity contribution in [1.29, 1.82) is 0 Å². The Morgan fingerprint density at radius 3 is 3.10 bits per heavy atom. The van der Waals surface area contributed by atoms with E-state index in [4.69, 9.17) is 9.47 Å². The second-order valence-electron chi connectivity index (χ2n) is 7.18. The number of fused-ring (bicyclic) bond motifs is 1. The molecule has 3 heterocycles. The lowest BCUT2D eigenvalue weighted by Crippen LogP contribution is -2.28. The van der Waals surface area contributed by atoms with E-state index in [1.807, 2.05) is 28.8 Å². The van der Waals surface area contributed by atoms with Crippen LogP contribution in [0, 0.1) is 0 Å². The van der Waals surface area contributed by atoms with Crippen LogP contribution in [0.15, 0.2) is 41.5 Å². The van der Waals surface area contributed by atoms with Crippen LogP contribution in [0.2, 0.25) is 0 Å². The van der Waals surface area contributed by atoms with Crippen molar-refractivity contribution in [2.24, 2.45) is 0 Å². The van der Waals surface area contributed by atoms with Gasteiger partial charge in [-0.15, -0.1) is 0 Å². The van der Waals surface area contributed by atoms with E-state index < -0.39 is 0 Å². The quantitative estimate of drug-likeness (QED) is 0.635. The topological polar surface area (TPSA) is 98.2 Å². The van der Waals surface area contributed by atoms with Crippen LogP contribution in [0.1, 0.15) is 28.8 Å². The number of pyridine rings is 1. The van der Waals surface area contributed by atoms with Crippen molar-refractivity contribution in [3.05, 3.63) is 58.1 Å². The first-order chi connectivity index (χ1) is 14.1. The highest BCUT2D eigenvalue weighted by Gasteiger charge is 2.23. The number of hydrogen-bond donors (Lipinski definition) is 2. The van der Waals surface area contributed by atoms with Gasteiger partial charge in [0.05, 0.1) is 24.3 Å². The number of hydrogen-bond acceptors (Lipinski definition) is 5. The predicted octanol–water partition coefficient (Wildman–Crippen LogP) is 1.84. The molecule has 0 bridgehead atoms. The lowest BCUT2D eigenvalue weighted by atomic mass is 10.1. The summed E-state index contributed by atoms with van der Waals surface area (Å²) in [4.78, 5) is 24.9. The van der Waals surface area contributed by atoms with Gasteiger partial charge < -0.3 is 19.4 Å². The normalized spacial score (nSPS) is 16.2. The summed E-state index contributed by atoms with van der Waals surface area (Å²) >= 11 is 0. The highest BCUT2D eigenvalue weighted by Crippen LogP contribution is 2.22. The number of nitrogens with zero attached hydrogens (tertiary/aromatic N) is 2. The highest BCUT2D eigenvalue weighted by molar-refractivity contribution is 5.99. The number of methoxy groups -OCH3 is 1. The van der Waals surface area contributed by atoms with E-state index in [1.165, 1.54) is 0 Å². The molecule has 0 aromatic heterocycles. The number of carbonyl (C=O) groups is 1. The van der Waals surface area contributed by atoms with Gasteiger partial charge >= 0.3 is 0 Å². The Kier molecular flexibility index (Phi) is 5.62. The lowest BCUT2D eigenvalue weighted by molar-refractivity contribution is 0.0937. The molecule has 0 aliphatic carbocycles. The van der Waals surface area contributed by atoms with Crippen LogP contribution in [-0.4, -0.2) is 47.0 Å². The molecule has 1 fully saturated rings. The molecule has 0 spiro atoms. The Balaban J connectivity index is 1.49. The fourth-order valence-electron chi connectivity index (χ4n) is 3.63. The van der Waals surface area contributed by atoms with Gasteiger partial charge in [0.25, 0.3) is 11.5 Å². The van der Waals surface area contributed by atoms with E-state index in [0.717, 1.165) is 30.8 Å². The fourth-order valence-corrected chi connectivity index (χ4v) is 3.63. The summed E-state index contributed by atoms with van der Waals surface area (Å²) in [5, 5.41) is 9.41. The Morgan fingerprint density at radius 2 is 2.31 bits per heavy atom. The van der Waals surface area contributed by atoms with Crippen molar-refractivity contribution in [3.8, 4) is 17.0 Å². The Labute approximate surface area is 168 Å². The number of nitrogens with one attached hydrogen (secondary N) is 2. The van der Waals surface area contributed by atoms with Gasteiger partial charge in [0, 0.05) is 32.1 Å². The van der Waals surface area contributed by atoms with E-state index in [1.54, 1.807) is 19.5 Å². The lowest BCUT2D eigenvalue weighted by Gasteiger charge is -2.16. The Hall–Kier alpha value is -3.13. The molecule has 3 aliphatic heterocycles. The van der Waals surface area contributed by atoms with Crippen molar-refractivity contribution in [1.82, 2.24) is 20.1 Å². The second kappa shape index (κ2) is 8.48. The van der Waals surface area contributed by atoms with Gasteiger partial charge in [-0.3, -0.25) is 9.59 Å². The summed E-state index contributed by atoms with van der Waals surface area (Å²) in [7, 11) is 1.63. The molecule has 29 heavy (non-hydrogen) atoms. The van der Waals surface area contributed by atoms with Crippen LogP contribution in [-0.2, 0) is 17.7 Å². The molecule has 1 atom stereocenters. The minimum absolute atomic E-state index is 0.100. The molecular weight excluding hydrogens is 372 g/mol. The molecule has 2 N–H and O–H groups in total. The smallest absolute Gasteiger partial charge is 0.275 e. The molecule has 1 amide bonds. The maximum absolute atomic E-state index is 12.8. The summed E-state index contributed by atoms with van der Waals surface area (Å²) in [6, 6.07) is 7.74. The minimum Gasteiger partial charge on any atom is -0.497 e.